The fraction of sp³-hybridized carbons (Fsp3) is 0.533. The van der Waals surface area contributed by atoms with E-state index < -0.39 is 0 Å². The lowest BCUT2D eigenvalue weighted by molar-refractivity contribution is -0.126. The summed E-state index contributed by atoms with van der Waals surface area (Å²) < 4.78 is 1.97. The monoisotopic (exact) mass is 292 g/mol. The van der Waals surface area contributed by atoms with Crippen molar-refractivity contribution in [2.24, 2.45) is 0 Å². The van der Waals surface area contributed by atoms with Crippen LogP contribution >= 0.6 is 0 Å². The lowest BCUT2D eigenvalue weighted by Gasteiger charge is -2.14. The van der Waals surface area contributed by atoms with Crippen LogP contribution in [0.3, 0.4) is 0 Å². The number of rotatable bonds is 9. The van der Waals surface area contributed by atoms with Gasteiger partial charge in [-0.05, 0) is 13.3 Å². The Hall–Kier alpha value is -2.11. The van der Waals surface area contributed by atoms with Crippen LogP contribution in [-0.4, -0.2) is 34.0 Å². The SMILES string of the molecule is C=CC(Cc1cn(CC)cn1)NC(=O)CNC(=O)CCC. The molecule has 0 spiro atoms. The molecule has 2 amide bonds. The molecule has 1 unspecified atom stereocenters. The summed E-state index contributed by atoms with van der Waals surface area (Å²) in [6.07, 6.45) is 7.19. The van der Waals surface area contributed by atoms with Gasteiger partial charge in [-0.1, -0.05) is 13.0 Å². The molecule has 0 aliphatic carbocycles. The summed E-state index contributed by atoms with van der Waals surface area (Å²) in [5.74, 6) is -0.330. The van der Waals surface area contributed by atoms with Gasteiger partial charge >= 0.3 is 0 Å². The fourth-order valence-electron chi connectivity index (χ4n) is 1.86. The lowest BCUT2D eigenvalue weighted by Crippen LogP contribution is -2.42. The Kier molecular flexibility index (Phi) is 7.21. The van der Waals surface area contributed by atoms with E-state index in [1.54, 1.807) is 12.4 Å². The third kappa shape index (κ3) is 6.25. The molecule has 1 rings (SSSR count). The Bertz CT molecular complexity index is 482. The molecule has 1 aromatic heterocycles. The number of hydrogen-bond donors (Lipinski definition) is 2. The summed E-state index contributed by atoms with van der Waals surface area (Å²) in [4.78, 5) is 27.4. The van der Waals surface area contributed by atoms with Crippen LogP contribution in [0.15, 0.2) is 25.2 Å². The second kappa shape index (κ2) is 8.94. The van der Waals surface area contributed by atoms with Crippen LogP contribution < -0.4 is 10.6 Å². The number of carbonyl (C=O) groups excluding carboxylic acids is 2. The molecule has 0 aliphatic heterocycles. The number of nitrogens with zero attached hydrogens (tertiary/aromatic N) is 2. The first-order valence-electron chi connectivity index (χ1n) is 7.28. The average molecular weight is 292 g/mol. The minimum atomic E-state index is -0.223. The molecule has 2 N–H and O–H groups in total. The Balaban J connectivity index is 2.40. The van der Waals surface area contributed by atoms with Crippen LogP contribution in [0.2, 0.25) is 0 Å². The van der Waals surface area contributed by atoms with E-state index in [0.29, 0.717) is 12.8 Å². The number of aromatic nitrogens is 2. The molecule has 0 bridgehead atoms. The van der Waals surface area contributed by atoms with Gasteiger partial charge in [0.15, 0.2) is 0 Å². The van der Waals surface area contributed by atoms with Crippen LogP contribution in [0.5, 0.6) is 0 Å². The largest absolute Gasteiger partial charge is 0.348 e. The quantitative estimate of drug-likeness (QED) is 0.668. The molecule has 6 nitrogen and oxygen atoms in total. The van der Waals surface area contributed by atoms with E-state index in [1.807, 2.05) is 24.6 Å². The Morgan fingerprint density at radius 1 is 1.43 bits per heavy atom. The van der Waals surface area contributed by atoms with Crippen LogP contribution in [-0.2, 0) is 22.6 Å². The predicted octanol–water partition coefficient (Wildman–Crippen LogP) is 1.03. The van der Waals surface area contributed by atoms with Gasteiger partial charge in [0.05, 0.1) is 24.6 Å². The number of aryl methyl sites for hydroxylation is 1. The highest BCUT2D eigenvalue weighted by molar-refractivity contribution is 5.84. The summed E-state index contributed by atoms with van der Waals surface area (Å²) in [6.45, 7) is 8.54. The minimum Gasteiger partial charge on any atom is -0.348 e. The summed E-state index contributed by atoms with van der Waals surface area (Å²) in [5.41, 5.74) is 0.900. The van der Waals surface area contributed by atoms with Crippen molar-refractivity contribution in [3.05, 3.63) is 30.9 Å². The third-order valence-electron chi connectivity index (χ3n) is 3.03. The molecule has 1 atom stereocenters. The van der Waals surface area contributed by atoms with Crippen LogP contribution in [0.4, 0.5) is 0 Å². The third-order valence-corrected chi connectivity index (χ3v) is 3.03. The zero-order chi connectivity index (χ0) is 15.7. The van der Waals surface area contributed by atoms with Gasteiger partial charge in [0.25, 0.3) is 0 Å². The van der Waals surface area contributed by atoms with Crippen molar-refractivity contribution in [1.82, 2.24) is 20.2 Å². The summed E-state index contributed by atoms with van der Waals surface area (Å²) >= 11 is 0. The molecule has 1 aromatic rings. The van der Waals surface area contributed by atoms with Crippen molar-refractivity contribution in [1.29, 1.82) is 0 Å². The molecule has 6 heteroatoms. The number of nitrogens with one attached hydrogen (secondary N) is 2. The van der Waals surface area contributed by atoms with Gasteiger partial charge in [-0.15, -0.1) is 6.58 Å². The van der Waals surface area contributed by atoms with Crippen molar-refractivity contribution in [2.45, 2.75) is 45.7 Å². The molecule has 0 radical (unpaired) electrons. The molecule has 116 valence electrons. The van der Waals surface area contributed by atoms with Crippen LogP contribution in [0.1, 0.15) is 32.4 Å². The van der Waals surface area contributed by atoms with Crippen molar-refractivity contribution in [3.8, 4) is 0 Å². The maximum Gasteiger partial charge on any atom is 0.239 e. The molecule has 0 saturated heterocycles. The van der Waals surface area contributed by atoms with Gasteiger partial charge in [0, 0.05) is 25.6 Å². The van der Waals surface area contributed by atoms with Gasteiger partial charge in [0.2, 0.25) is 11.8 Å². The number of hydrogen-bond acceptors (Lipinski definition) is 3. The van der Waals surface area contributed by atoms with Crippen molar-refractivity contribution in [3.63, 3.8) is 0 Å². The second-order valence-corrected chi connectivity index (χ2v) is 4.84. The summed E-state index contributed by atoms with van der Waals surface area (Å²) in [5, 5.41) is 5.40. The van der Waals surface area contributed by atoms with E-state index in [2.05, 4.69) is 22.2 Å². The molecule has 0 aromatic carbocycles. The topological polar surface area (TPSA) is 76.0 Å². The smallest absolute Gasteiger partial charge is 0.239 e. The van der Waals surface area contributed by atoms with E-state index >= 15 is 0 Å². The normalized spacial score (nSPS) is 11.7. The predicted molar refractivity (Wildman–Crippen MR) is 81.7 cm³/mol. The van der Waals surface area contributed by atoms with Gasteiger partial charge in [-0.2, -0.15) is 0 Å². The van der Waals surface area contributed by atoms with Crippen LogP contribution in [0.25, 0.3) is 0 Å². The number of carbonyl (C=O) groups is 2. The van der Waals surface area contributed by atoms with Crippen molar-refractivity contribution in [2.75, 3.05) is 6.54 Å². The maximum atomic E-state index is 11.8. The molecule has 21 heavy (non-hydrogen) atoms. The summed E-state index contributed by atoms with van der Waals surface area (Å²) in [7, 11) is 0. The highest BCUT2D eigenvalue weighted by atomic mass is 16.2. The molecular weight excluding hydrogens is 268 g/mol. The first kappa shape index (κ1) is 16.9. The number of amides is 2. The first-order chi connectivity index (χ1) is 10.1. The average Bonchev–Trinajstić information content (AvgIpc) is 2.92. The van der Waals surface area contributed by atoms with E-state index in [9.17, 15) is 9.59 Å². The summed E-state index contributed by atoms with van der Waals surface area (Å²) in [6, 6.07) is -0.194. The second-order valence-electron chi connectivity index (χ2n) is 4.84. The Labute approximate surface area is 125 Å². The standard InChI is InChI=1S/C15H24N4O2/c1-4-7-14(20)16-9-15(21)18-12(5-2)8-13-10-19(6-3)11-17-13/h5,10-12H,2,4,6-9H2,1,3H3,(H,16,20)(H,18,21). The molecule has 1 heterocycles. The first-order valence-corrected chi connectivity index (χ1v) is 7.28. The lowest BCUT2D eigenvalue weighted by atomic mass is 10.1. The van der Waals surface area contributed by atoms with Gasteiger partial charge in [-0.3, -0.25) is 9.59 Å². The van der Waals surface area contributed by atoms with Gasteiger partial charge < -0.3 is 15.2 Å². The molecule has 0 aliphatic rings. The Morgan fingerprint density at radius 3 is 2.76 bits per heavy atom. The Morgan fingerprint density at radius 2 is 2.19 bits per heavy atom. The highest BCUT2D eigenvalue weighted by Crippen LogP contribution is 2.02. The molecular formula is C15H24N4O2. The molecule has 0 saturated carbocycles. The van der Waals surface area contributed by atoms with Crippen molar-refractivity contribution < 1.29 is 9.59 Å². The van der Waals surface area contributed by atoms with E-state index in [-0.39, 0.29) is 24.4 Å². The van der Waals surface area contributed by atoms with E-state index in [4.69, 9.17) is 0 Å². The van der Waals surface area contributed by atoms with E-state index in [1.165, 1.54) is 0 Å². The fourth-order valence-corrected chi connectivity index (χ4v) is 1.86. The van der Waals surface area contributed by atoms with Gasteiger partial charge in [-0.25, -0.2) is 4.98 Å². The minimum absolute atomic E-state index is 0.00737. The zero-order valence-electron chi connectivity index (χ0n) is 12.8. The van der Waals surface area contributed by atoms with E-state index in [0.717, 1.165) is 18.7 Å². The highest BCUT2D eigenvalue weighted by Gasteiger charge is 2.12. The zero-order valence-corrected chi connectivity index (χ0v) is 12.8. The molecule has 0 fully saturated rings. The van der Waals surface area contributed by atoms with Crippen LogP contribution in [0, 0.1) is 0 Å². The number of imidazole rings is 1. The van der Waals surface area contributed by atoms with Crippen molar-refractivity contribution >= 4 is 11.8 Å². The maximum absolute atomic E-state index is 11.8. The van der Waals surface area contributed by atoms with Gasteiger partial charge in [0.1, 0.15) is 0 Å².